The maximum absolute atomic E-state index is 12.3. The molecule has 3 amide bonds. The average molecular weight is 283 g/mol. The Bertz CT molecular complexity index is 414. The molecule has 0 radical (unpaired) electrons. The number of hydrogen-bond acceptors (Lipinski definition) is 3. The van der Waals surface area contributed by atoms with Crippen LogP contribution in [0, 0.1) is 0 Å². The van der Waals surface area contributed by atoms with Crippen LogP contribution in [-0.2, 0) is 9.59 Å². The van der Waals surface area contributed by atoms with Gasteiger partial charge in [-0.25, -0.2) is 9.59 Å². The van der Waals surface area contributed by atoms with E-state index in [0.717, 1.165) is 32.1 Å². The van der Waals surface area contributed by atoms with E-state index in [4.69, 9.17) is 5.73 Å². The van der Waals surface area contributed by atoms with Gasteiger partial charge in [-0.15, -0.1) is 0 Å². The second kappa shape index (κ2) is 5.68. The number of nitrogens with zero attached hydrogens (tertiary/aromatic N) is 1. The van der Waals surface area contributed by atoms with Crippen molar-refractivity contribution in [1.29, 1.82) is 0 Å². The summed E-state index contributed by atoms with van der Waals surface area (Å²) in [6, 6.07) is -0.508. The van der Waals surface area contributed by atoms with Crippen LogP contribution >= 0.6 is 0 Å². The Hall–Kier alpha value is -1.79. The summed E-state index contributed by atoms with van der Waals surface area (Å²) in [5.41, 5.74) is 4.03. The fourth-order valence-electron chi connectivity index (χ4n) is 2.95. The van der Waals surface area contributed by atoms with Crippen LogP contribution in [0.1, 0.15) is 44.9 Å². The van der Waals surface area contributed by atoms with Crippen molar-refractivity contribution in [2.75, 3.05) is 6.54 Å². The van der Waals surface area contributed by atoms with Gasteiger partial charge in [0.2, 0.25) is 5.91 Å². The molecule has 0 aromatic carbocycles. The molecule has 112 valence electrons. The molecule has 2 rings (SSSR count). The molecule has 7 heteroatoms. The Morgan fingerprint density at radius 1 is 1.20 bits per heavy atom. The van der Waals surface area contributed by atoms with E-state index in [2.05, 4.69) is 5.32 Å². The van der Waals surface area contributed by atoms with Gasteiger partial charge in [-0.1, -0.05) is 12.8 Å². The number of hydrogen-bond donors (Lipinski definition) is 3. The van der Waals surface area contributed by atoms with Crippen LogP contribution < -0.4 is 11.1 Å². The summed E-state index contributed by atoms with van der Waals surface area (Å²) >= 11 is 0. The SMILES string of the molecule is NC(=O)CN(C(=O)NC1(C(=O)O)CCC1)C1CCCC1. The van der Waals surface area contributed by atoms with Crippen LogP contribution in [0.2, 0.25) is 0 Å². The van der Waals surface area contributed by atoms with Crippen molar-refractivity contribution in [3.63, 3.8) is 0 Å². The fraction of sp³-hybridized carbons (Fsp3) is 0.769. The topological polar surface area (TPSA) is 113 Å². The van der Waals surface area contributed by atoms with Crippen molar-refractivity contribution in [1.82, 2.24) is 10.2 Å². The summed E-state index contributed by atoms with van der Waals surface area (Å²) in [4.78, 5) is 36.1. The number of primary amides is 1. The number of nitrogens with one attached hydrogen (secondary N) is 1. The standard InChI is InChI=1S/C13H21N3O4/c14-10(17)8-16(9-4-1-2-5-9)12(20)15-13(11(18)19)6-3-7-13/h9H,1-8H2,(H2,14,17)(H,15,20)(H,18,19). The first kappa shape index (κ1) is 14.6. The third kappa shape index (κ3) is 2.86. The minimum atomic E-state index is -1.16. The Kier molecular flexibility index (Phi) is 4.15. The largest absolute Gasteiger partial charge is 0.480 e. The quantitative estimate of drug-likeness (QED) is 0.679. The third-order valence-corrected chi connectivity index (χ3v) is 4.32. The highest BCUT2D eigenvalue weighted by Gasteiger charge is 2.47. The van der Waals surface area contributed by atoms with Crippen molar-refractivity contribution < 1.29 is 19.5 Å². The van der Waals surface area contributed by atoms with E-state index in [9.17, 15) is 19.5 Å². The maximum atomic E-state index is 12.3. The average Bonchev–Trinajstić information content (AvgIpc) is 2.83. The molecule has 0 aromatic rings. The van der Waals surface area contributed by atoms with Gasteiger partial charge in [-0.05, 0) is 32.1 Å². The molecule has 20 heavy (non-hydrogen) atoms. The predicted octanol–water partition coefficient (Wildman–Crippen LogP) is 0.433. The number of carboxylic acid groups (broad SMARTS) is 1. The molecular weight excluding hydrogens is 262 g/mol. The van der Waals surface area contributed by atoms with E-state index in [1.807, 2.05) is 0 Å². The summed E-state index contributed by atoms with van der Waals surface area (Å²) in [5, 5.41) is 11.8. The van der Waals surface area contributed by atoms with E-state index < -0.39 is 23.4 Å². The lowest BCUT2D eigenvalue weighted by Crippen LogP contribution is -2.63. The molecule has 0 spiro atoms. The van der Waals surface area contributed by atoms with Gasteiger partial charge in [0.05, 0.1) is 0 Å². The van der Waals surface area contributed by atoms with Crippen LogP contribution in [0.4, 0.5) is 4.79 Å². The molecule has 2 fully saturated rings. The zero-order valence-electron chi connectivity index (χ0n) is 11.4. The minimum Gasteiger partial charge on any atom is -0.480 e. The number of amides is 3. The van der Waals surface area contributed by atoms with Gasteiger partial charge >= 0.3 is 12.0 Å². The highest BCUT2D eigenvalue weighted by atomic mass is 16.4. The number of urea groups is 1. The molecular formula is C13H21N3O4. The van der Waals surface area contributed by atoms with Crippen molar-refractivity contribution in [3.8, 4) is 0 Å². The summed E-state index contributed by atoms with van der Waals surface area (Å²) in [6.07, 6.45) is 5.34. The van der Waals surface area contributed by atoms with Crippen LogP contribution in [0.3, 0.4) is 0 Å². The summed E-state index contributed by atoms with van der Waals surface area (Å²) in [6.45, 7) is -0.161. The second-order valence-corrected chi connectivity index (χ2v) is 5.70. The van der Waals surface area contributed by atoms with Gasteiger partial charge in [0, 0.05) is 6.04 Å². The summed E-state index contributed by atoms with van der Waals surface area (Å²) in [7, 11) is 0. The first-order valence-electron chi connectivity index (χ1n) is 7.05. The Balaban J connectivity index is 2.05. The first-order chi connectivity index (χ1) is 9.44. The van der Waals surface area contributed by atoms with E-state index >= 15 is 0 Å². The summed E-state index contributed by atoms with van der Waals surface area (Å²) < 4.78 is 0. The Morgan fingerprint density at radius 3 is 2.20 bits per heavy atom. The van der Waals surface area contributed by atoms with Crippen molar-refractivity contribution in [2.45, 2.75) is 56.5 Å². The van der Waals surface area contributed by atoms with Gasteiger partial charge in [0.15, 0.2) is 0 Å². The number of rotatable bonds is 5. The van der Waals surface area contributed by atoms with E-state index in [0.29, 0.717) is 12.8 Å². The van der Waals surface area contributed by atoms with Crippen LogP contribution in [0.25, 0.3) is 0 Å². The molecule has 2 aliphatic rings. The molecule has 4 N–H and O–H groups in total. The minimum absolute atomic E-state index is 0.0200. The second-order valence-electron chi connectivity index (χ2n) is 5.70. The molecule has 0 bridgehead atoms. The van der Waals surface area contributed by atoms with Crippen molar-refractivity contribution in [3.05, 3.63) is 0 Å². The van der Waals surface area contributed by atoms with Crippen molar-refractivity contribution in [2.24, 2.45) is 5.73 Å². The third-order valence-electron chi connectivity index (χ3n) is 4.32. The molecule has 0 aromatic heterocycles. The smallest absolute Gasteiger partial charge is 0.329 e. The lowest BCUT2D eigenvalue weighted by Gasteiger charge is -2.40. The number of carbonyl (C=O) groups excluding carboxylic acids is 2. The molecule has 0 saturated heterocycles. The Morgan fingerprint density at radius 2 is 1.80 bits per heavy atom. The van der Waals surface area contributed by atoms with E-state index in [1.54, 1.807) is 0 Å². The molecule has 2 aliphatic carbocycles. The normalized spacial score (nSPS) is 21.0. The number of carbonyl (C=O) groups is 3. The number of carboxylic acids is 1. The fourth-order valence-corrected chi connectivity index (χ4v) is 2.95. The highest BCUT2D eigenvalue weighted by Crippen LogP contribution is 2.33. The number of nitrogens with two attached hydrogens (primary N) is 1. The zero-order valence-corrected chi connectivity index (χ0v) is 11.4. The van der Waals surface area contributed by atoms with Crippen LogP contribution in [-0.4, -0.2) is 46.0 Å². The summed E-state index contributed by atoms with van der Waals surface area (Å²) in [5.74, 6) is -1.59. The van der Waals surface area contributed by atoms with Gasteiger partial charge in [-0.2, -0.15) is 0 Å². The van der Waals surface area contributed by atoms with Gasteiger partial charge in [0.1, 0.15) is 12.1 Å². The van der Waals surface area contributed by atoms with Gasteiger partial charge in [-0.3, -0.25) is 4.79 Å². The molecule has 7 nitrogen and oxygen atoms in total. The Labute approximate surface area is 117 Å². The molecule has 0 heterocycles. The zero-order chi connectivity index (χ0) is 14.8. The van der Waals surface area contributed by atoms with Gasteiger partial charge in [0.25, 0.3) is 0 Å². The van der Waals surface area contributed by atoms with Crippen LogP contribution in [0.15, 0.2) is 0 Å². The number of aliphatic carboxylic acids is 1. The van der Waals surface area contributed by atoms with Crippen molar-refractivity contribution >= 4 is 17.9 Å². The van der Waals surface area contributed by atoms with E-state index in [1.165, 1.54) is 4.90 Å². The van der Waals surface area contributed by atoms with Gasteiger partial charge < -0.3 is 21.1 Å². The highest BCUT2D eigenvalue weighted by molar-refractivity contribution is 5.89. The van der Waals surface area contributed by atoms with E-state index in [-0.39, 0.29) is 12.6 Å². The predicted molar refractivity (Wildman–Crippen MR) is 70.9 cm³/mol. The molecule has 0 atom stereocenters. The lowest BCUT2D eigenvalue weighted by molar-refractivity contribution is -0.148. The lowest BCUT2D eigenvalue weighted by atomic mass is 9.77. The first-order valence-corrected chi connectivity index (χ1v) is 7.05. The van der Waals surface area contributed by atoms with Crippen LogP contribution in [0.5, 0.6) is 0 Å². The molecule has 0 unspecified atom stereocenters. The molecule has 2 saturated carbocycles. The maximum Gasteiger partial charge on any atom is 0.329 e. The monoisotopic (exact) mass is 283 g/mol. The molecule has 0 aliphatic heterocycles.